The second-order valence-corrected chi connectivity index (χ2v) is 11.8. The van der Waals surface area contributed by atoms with Crippen molar-refractivity contribution < 1.29 is 30.8 Å². The topological polar surface area (TPSA) is 131 Å². The highest BCUT2D eigenvalue weighted by molar-refractivity contribution is 7.92. The number of amides is 1. The SMILES string of the molecule is CN(c1cc(-c2nnc(C(C)(N)Cc3ccccc3)o2)cc(-c2ccccc2CNC(=O)C(F)(F)F)c1)S(C)(=O)=O. The lowest BCUT2D eigenvalue weighted by Crippen LogP contribution is -2.36. The van der Waals surface area contributed by atoms with Gasteiger partial charge >= 0.3 is 12.1 Å². The van der Waals surface area contributed by atoms with E-state index in [1.54, 1.807) is 49.4 Å². The van der Waals surface area contributed by atoms with Crippen molar-refractivity contribution in [2.75, 3.05) is 17.6 Å². The molecule has 0 saturated carbocycles. The summed E-state index contributed by atoms with van der Waals surface area (Å²) in [5, 5.41) is 10.2. The summed E-state index contributed by atoms with van der Waals surface area (Å²) in [5.41, 5.74) is 8.37. The quantitative estimate of drug-likeness (QED) is 0.297. The zero-order chi connectivity index (χ0) is 30.0. The first-order chi connectivity index (χ1) is 19.1. The molecule has 1 heterocycles. The van der Waals surface area contributed by atoms with Gasteiger partial charge in [-0.2, -0.15) is 13.2 Å². The molecule has 0 aliphatic heterocycles. The van der Waals surface area contributed by atoms with E-state index < -0.39 is 34.2 Å². The lowest BCUT2D eigenvalue weighted by molar-refractivity contribution is -0.173. The van der Waals surface area contributed by atoms with Crippen LogP contribution in [0.3, 0.4) is 0 Å². The van der Waals surface area contributed by atoms with Gasteiger partial charge in [-0.25, -0.2) is 8.42 Å². The molecule has 216 valence electrons. The van der Waals surface area contributed by atoms with E-state index in [9.17, 15) is 26.4 Å². The summed E-state index contributed by atoms with van der Waals surface area (Å²) >= 11 is 0. The van der Waals surface area contributed by atoms with Crippen LogP contribution >= 0.6 is 0 Å². The second kappa shape index (κ2) is 11.3. The van der Waals surface area contributed by atoms with Crippen molar-refractivity contribution in [3.8, 4) is 22.6 Å². The maximum Gasteiger partial charge on any atom is 0.471 e. The van der Waals surface area contributed by atoms with E-state index in [1.165, 1.54) is 7.05 Å². The van der Waals surface area contributed by atoms with Gasteiger partial charge in [-0.3, -0.25) is 9.10 Å². The minimum atomic E-state index is -5.03. The number of nitrogens with two attached hydrogens (primary N) is 1. The van der Waals surface area contributed by atoms with Crippen molar-refractivity contribution in [3.63, 3.8) is 0 Å². The molecule has 3 aromatic carbocycles. The number of hydrogen-bond acceptors (Lipinski definition) is 7. The fourth-order valence-corrected chi connectivity index (χ4v) is 4.65. The minimum absolute atomic E-state index is 0.0672. The number of hydrogen-bond donors (Lipinski definition) is 2. The Morgan fingerprint density at radius 3 is 2.29 bits per heavy atom. The molecule has 3 N–H and O–H groups in total. The van der Waals surface area contributed by atoms with Crippen molar-refractivity contribution >= 4 is 21.6 Å². The van der Waals surface area contributed by atoms with Crippen molar-refractivity contribution in [2.45, 2.75) is 31.6 Å². The molecule has 0 spiro atoms. The Balaban J connectivity index is 1.76. The molecule has 41 heavy (non-hydrogen) atoms. The molecule has 4 rings (SSSR count). The number of alkyl halides is 3. The van der Waals surface area contributed by atoms with E-state index in [0.29, 0.717) is 28.7 Å². The number of nitrogens with zero attached hydrogens (tertiary/aromatic N) is 3. The number of benzene rings is 3. The summed E-state index contributed by atoms with van der Waals surface area (Å²) < 4.78 is 70.1. The maximum absolute atomic E-state index is 12.8. The Morgan fingerprint density at radius 1 is 1.00 bits per heavy atom. The van der Waals surface area contributed by atoms with Gasteiger partial charge in [0.15, 0.2) is 0 Å². The van der Waals surface area contributed by atoms with Gasteiger partial charge in [0.1, 0.15) is 0 Å². The maximum atomic E-state index is 12.8. The van der Waals surface area contributed by atoms with Gasteiger partial charge in [0.25, 0.3) is 0 Å². The lowest BCUT2D eigenvalue weighted by Gasteiger charge is -2.20. The molecule has 0 bridgehead atoms. The van der Waals surface area contributed by atoms with E-state index >= 15 is 0 Å². The first-order valence-corrected chi connectivity index (χ1v) is 14.2. The van der Waals surface area contributed by atoms with Gasteiger partial charge in [0, 0.05) is 19.2 Å². The third kappa shape index (κ3) is 7.11. The molecule has 0 saturated heterocycles. The van der Waals surface area contributed by atoms with Crippen LogP contribution in [0, 0.1) is 0 Å². The molecule has 9 nitrogen and oxygen atoms in total. The third-order valence-corrected chi connectivity index (χ3v) is 7.58. The number of anilines is 1. The number of halogens is 3. The fraction of sp³-hybridized carbons (Fsp3) is 0.250. The van der Waals surface area contributed by atoms with Gasteiger partial charge in [-0.1, -0.05) is 54.6 Å². The molecule has 0 fully saturated rings. The zero-order valence-corrected chi connectivity index (χ0v) is 23.3. The Bertz CT molecular complexity index is 1650. The van der Waals surface area contributed by atoms with Crippen molar-refractivity contribution in [2.24, 2.45) is 5.73 Å². The smallest absolute Gasteiger partial charge is 0.419 e. The number of carbonyl (C=O) groups excluding carboxylic acids is 1. The van der Waals surface area contributed by atoms with Crippen LogP contribution in [0.15, 0.2) is 77.2 Å². The van der Waals surface area contributed by atoms with Gasteiger partial charge in [0.05, 0.1) is 17.5 Å². The monoisotopic (exact) mass is 587 g/mol. The highest BCUT2D eigenvalue weighted by Crippen LogP contribution is 2.35. The van der Waals surface area contributed by atoms with Gasteiger partial charge in [0.2, 0.25) is 21.8 Å². The molecule has 1 amide bonds. The van der Waals surface area contributed by atoms with Crippen LogP contribution in [0.2, 0.25) is 0 Å². The van der Waals surface area contributed by atoms with Gasteiger partial charge in [-0.05, 0) is 53.8 Å². The molecule has 1 atom stereocenters. The third-order valence-electron chi connectivity index (χ3n) is 6.38. The number of nitrogens with one attached hydrogen (secondary N) is 1. The average Bonchev–Trinajstić information content (AvgIpc) is 3.42. The molecular weight excluding hydrogens is 559 g/mol. The van der Waals surface area contributed by atoms with E-state index in [4.69, 9.17) is 10.2 Å². The Labute approximate surface area is 235 Å². The largest absolute Gasteiger partial charge is 0.471 e. The van der Waals surface area contributed by atoms with Crippen LogP contribution in [0.4, 0.5) is 18.9 Å². The van der Waals surface area contributed by atoms with Crippen molar-refractivity contribution in [1.82, 2.24) is 15.5 Å². The second-order valence-electron chi connectivity index (χ2n) is 9.83. The van der Waals surface area contributed by atoms with E-state index in [2.05, 4.69) is 10.2 Å². The van der Waals surface area contributed by atoms with Crippen LogP contribution < -0.4 is 15.4 Å². The molecule has 1 aromatic heterocycles. The number of aromatic nitrogens is 2. The predicted octanol–water partition coefficient (Wildman–Crippen LogP) is 4.39. The van der Waals surface area contributed by atoms with E-state index in [1.807, 2.05) is 35.6 Å². The first kappa shape index (κ1) is 29.7. The highest BCUT2D eigenvalue weighted by Gasteiger charge is 2.38. The van der Waals surface area contributed by atoms with Crippen LogP contribution in [-0.2, 0) is 33.3 Å². The van der Waals surface area contributed by atoms with Gasteiger partial charge in [-0.15, -0.1) is 10.2 Å². The molecule has 0 radical (unpaired) electrons. The lowest BCUT2D eigenvalue weighted by atomic mass is 9.94. The summed E-state index contributed by atoms with van der Waals surface area (Å²) in [4.78, 5) is 11.4. The van der Waals surface area contributed by atoms with Crippen LogP contribution in [0.25, 0.3) is 22.6 Å². The van der Waals surface area contributed by atoms with E-state index in [0.717, 1.165) is 16.1 Å². The summed E-state index contributed by atoms with van der Waals surface area (Å²) in [6.07, 6.45) is -3.59. The molecule has 13 heteroatoms. The molecule has 4 aromatic rings. The fourth-order valence-electron chi connectivity index (χ4n) is 4.16. The molecule has 1 unspecified atom stereocenters. The molecular formula is C28H28F3N5O4S. The zero-order valence-electron chi connectivity index (χ0n) is 22.4. The van der Waals surface area contributed by atoms with Crippen LogP contribution in [0.1, 0.15) is 23.9 Å². The summed E-state index contributed by atoms with van der Waals surface area (Å²) in [7, 11) is -2.32. The standard InChI is InChI=1S/C28H28F3N5O4S/c1-27(32,16-18-9-5-4-6-10-18)26-35-34-24(40-26)21-13-20(14-22(15-21)36(2)41(3,38)39)23-12-8-7-11-19(23)17-33-25(37)28(29,30)31/h4-15H,16-17,32H2,1-3H3,(H,33,37). The minimum Gasteiger partial charge on any atom is -0.419 e. The average molecular weight is 588 g/mol. The van der Waals surface area contributed by atoms with E-state index in [-0.39, 0.29) is 17.5 Å². The Morgan fingerprint density at radius 2 is 1.63 bits per heavy atom. The summed E-state index contributed by atoms with van der Waals surface area (Å²) in [5.74, 6) is -1.84. The van der Waals surface area contributed by atoms with Crippen LogP contribution in [0.5, 0.6) is 0 Å². The van der Waals surface area contributed by atoms with Crippen molar-refractivity contribution in [1.29, 1.82) is 0 Å². The van der Waals surface area contributed by atoms with Gasteiger partial charge < -0.3 is 15.5 Å². The van der Waals surface area contributed by atoms with Crippen molar-refractivity contribution in [3.05, 3.63) is 89.8 Å². The summed E-state index contributed by atoms with van der Waals surface area (Å²) in [6.45, 7) is 1.34. The summed E-state index contributed by atoms with van der Waals surface area (Å²) in [6, 6.07) is 20.8. The molecule has 0 aliphatic carbocycles. The number of carbonyl (C=O) groups is 1. The van der Waals surface area contributed by atoms with Crippen LogP contribution in [-0.4, -0.2) is 44.0 Å². The number of rotatable bonds is 9. The normalized spacial score (nSPS) is 13.4. The molecule has 0 aliphatic rings. The Kier molecular flexibility index (Phi) is 8.22. The number of sulfonamides is 1. The Hall–Kier alpha value is -4.23. The first-order valence-electron chi connectivity index (χ1n) is 12.3. The predicted molar refractivity (Wildman–Crippen MR) is 148 cm³/mol. The highest BCUT2D eigenvalue weighted by atomic mass is 32.2.